The average Bonchev–Trinajstić information content (AvgIpc) is 3.35. The van der Waals surface area contributed by atoms with E-state index in [0.29, 0.717) is 18.1 Å². The number of hydrogen-bond donors (Lipinski definition) is 1. The monoisotopic (exact) mass is 399 g/mol. The molecule has 2 fully saturated rings. The van der Waals surface area contributed by atoms with Gasteiger partial charge < -0.3 is 10.2 Å². The van der Waals surface area contributed by atoms with E-state index in [2.05, 4.69) is 39.5 Å². The fourth-order valence-corrected chi connectivity index (χ4v) is 4.73. The highest BCUT2D eigenvalue weighted by Crippen LogP contribution is 2.32. The van der Waals surface area contributed by atoms with Gasteiger partial charge in [-0.15, -0.1) is 10.2 Å². The van der Waals surface area contributed by atoms with E-state index in [9.17, 15) is 9.59 Å². The van der Waals surface area contributed by atoms with Gasteiger partial charge in [0.2, 0.25) is 22.1 Å². The summed E-state index contributed by atoms with van der Waals surface area (Å²) >= 11 is 1.47. The number of anilines is 2. The van der Waals surface area contributed by atoms with Crippen molar-refractivity contribution in [2.75, 3.05) is 29.4 Å². The van der Waals surface area contributed by atoms with Gasteiger partial charge in [0.1, 0.15) is 0 Å². The summed E-state index contributed by atoms with van der Waals surface area (Å²) in [7, 11) is 0. The molecule has 0 saturated carbocycles. The van der Waals surface area contributed by atoms with Crippen molar-refractivity contribution in [1.29, 1.82) is 0 Å². The maximum atomic E-state index is 12.5. The Kier molecular flexibility index (Phi) is 5.57. The van der Waals surface area contributed by atoms with Crippen molar-refractivity contribution in [2.24, 2.45) is 5.92 Å². The van der Waals surface area contributed by atoms with Crippen molar-refractivity contribution in [3.8, 4) is 0 Å². The van der Waals surface area contributed by atoms with Gasteiger partial charge in [-0.3, -0.25) is 14.5 Å². The molecule has 28 heavy (non-hydrogen) atoms. The van der Waals surface area contributed by atoms with E-state index in [-0.39, 0.29) is 17.7 Å². The minimum absolute atomic E-state index is 0.0358. The van der Waals surface area contributed by atoms with Gasteiger partial charge >= 0.3 is 0 Å². The molecule has 7 nitrogen and oxygen atoms in total. The largest absolute Gasteiger partial charge is 0.352 e. The Labute approximate surface area is 168 Å². The molecule has 0 bridgehead atoms. The topological polar surface area (TPSA) is 78.4 Å². The van der Waals surface area contributed by atoms with E-state index in [1.54, 1.807) is 4.90 Å². The molecule has 0 spiro atoms. The Balaban J connectivity index is 1.28. The van der Waals surface area contributed by atoms with Crippen LogP contribution in [0.3, 0.4) is 0 Å². The molecule has 1 N–H and O–H groups in total. The highest BCUT2D eigenvalue weighted by Gasteiger charge is 2.29. The van der Waals surface area contributed by atoms with Gasteiger partial charge in [-0.25, -0.2) is 0 Å². The molecule has 3 heterocycles. The van der Waals surface area contributed by atoms with E-state index < -0.39 is 0 Å². The van der Waals surface area contributed by atoms with Gasteiger partial charge in [-0.05, 0) is 31.7 Å². The fraction of sp³-hybridized carbons (Fsp3) is 0.500. The molecule has 0 unspecified atom stereocenters. The molecule has 0 aliphatic carbocycles. The number of nitrogens with zero attached hydrogens (tertiary/aromatic N) is 4. The molecular formula is C20H25N5O2S. The Morgan fingerprint density at radius 3 is 2.71 bits per heavy atom. The van der Waals surface area contributed by atoms with E-state index in [4.69, 9.17) is 0 Å². The molecule has 1 aromatic carbocycles. The van der Waals surface area contributed by atoms with Gasteiger partial charge in [0.15, 0.2) is 0 Å². The normalized spacial score (nSPS) is 18.0. The molecule has 0 atom stereocenters. The van der Waals surface area contributed by atoms with Crippen molar-refractivity contribution in [3.05, 3.63) is 35.4 Å². The molecule has 8 heteroatoms. The van der Waals surface area contributed by atoms with Crippen LogP contribution in [0.1, 0.15) is 36.8 Å². The molecule has 2 amide bonds. The van der Waals surface area contributed by atoms with Crippen LogP contribution in [0.4, 0.5) is 10.3 Å². The molecule has 2 saturated heterocycles. The smallest absolute Gasteiger partial charge is 0.228 e. The zero-order valence-corrected chi connectivity index (χ0v) is 16.9. The second kappa shape index (κ2) is 8.26. The van der Waals surface area contributed by atoms with Crippen LogP contribution < -0.4 is 15.1 Å². The van der Waals surface area contributed by atoms with Gasteiger partial charge in [0, 0.05) is 38.5 Å². The van der Waals surface area contributed by atoms with Crippen LogP contribution in [0.25, 0.3) is 0 Å². The van der Waals surface area contributed by atoms with Gasteiger partial charge in [-0.2, -0.15) is 0 Å². The lowest BCUT2D eigenvalue weighted by Crippen LogP contribution is -2.40. The lowest BCUT2D eigenvalue weighted by atomic mass is 9.96. The predicted molar refractivity (Wildman–Crippen MR) is 109 cm³/mol. The first-order valence-electron chi connectivity index (χ1n) is 9.82. The molecule has 2 aliphatic rings. The summed E-state index contributed by atoms with van der Waals surface area (Å²) < 4.78 is 0. The van der Waals surface area contributed by atoms with Crippen molar-refractivity contribution in [1.82, 2.24) is 15.5 Å². The van der Waals surface area contributed by atoms with Crippen LogP contribution in [0.2, 0.25) is 0 Å². The third-order valence-electron chi connectivity index (χ3n) is 5.39. The van der Waals surface area contributed by atoms with E-state index in [1.807, 2.05) is 12.1 Å². The minimum atomic E-state index is 0.0358. The highest BCUT2D eigenvalue weighted by molar-refractivity contribution is 7.19. The van der Waals surface area contributed by atoms with Crippen molar-refractivity contribution in [3.63, 3.8) is 0 Å². The predicted octanol–water partition coefficient (Wildman–Crippen LogP) is 2.51. The van der Waals surface area contributed by atoms with Crippen LogP contribution in [0, 0.1) is 12.8 Å². The van der Waals surface area contributed by atoms with Crippen LogP contribution in [0.15, 0.2) is 24.3 Å². The molecule has 148 valence electrons. The number of nitrogens with one attached hydrogen (secondary N) is 1. The van der Waals surface area contributed by atoms with E-state index in [1.165, 1.54) is 16.9 Å². The summed E-state index contributed by atoms with van der Waals surface area (Å²) in [5.74, 6) is 0.294. The maximum absolute atomic E-state index is 12.5. The van der Waals surface area contributed by atoms with Crippen LogP contribution in [-0.2, 0) is 16.1 Å². The Morgan fingerprint density at radius 1 is 1.21 bits per heavy atom. The number of hydrogen-bond acceptors (Lipinski definition) is 6. The second-order valence-corrected chi connectivity index (χ2v) is 8.42. The molecule has 0 radical (unpaired) electrons. The number of amides is 2. The lowest BCUT2D eigenvalue weighted by Gasteiger charge is -2.30. The summed E-state index contributed by atoms with van der Waals surface area (Å²) in [6.45, 7) is 4.93. The van der Waals surface area contributed by atoms with Gasteiger partial charge in [0.05, 0.1) is 0 Å². The zero-order valence-electron chi connectivity index (χ0n) is 16.1. The quantitative estimate of drug-likeness (QED) is 0.836. The number of aryl methyl sites for hydroxylation is 1. The third kappa shape index (κ3) is 4.16. The molecule has 2 aliphatic heterocycles. The first kappa shape index (κ1) is 18.9. The summed E-state index contributed by atoms with van der Waals surface area (Å²) in [6.07, 6.45) is 3.09. The number of benzene rings is 1. The maximum Gasteiger partial charge on any atom is 0.228 e. The standard InChI is InChI=1S/C20H25N5O2S/c1-14-4-2-5-15(12-14)13-21-18(27)16-7-10-24(11-8-16)19-22-23-20(28-19)25-9-3-6-17(25)26/h2,4-5,12,16H,3,6-11,13H2,1H3,(H,21,27). The SMILES string of the molecule is Cc1cccc(CNC(=O)C2CCN(c3nnc(N4CCCC4=O)s3)CC2)c1. The van der Waals surface area contributed by atoms with Gasteiger partial charge in [0.25, 0.3) is 0 Å². The molecule has 2 aromatic rings. The van der Waals surface area contributed by atoms with Crippen LogP contribution >= 0.6 is 11.3 Å². The highest BCUT2D eigenvalue weighted by atomic mass is 32.1. The first-order chi connectivity index (χ1) is 13.6. The second-order valence-electron chi connectivity index (χ2n) is 7.48. The summed E-state index contributed by atoms with van der Waals surface area (Å²) in [5, 5.41) is 13.1. The van der Waals surface area contributed by atoms with Crippen molar-refractivity contribution >= 4 is 33.4 Å². The minimum Gasteiger partial charge on any atom is -0.352 e. The van der Waals surface area contributed by atoms with Crippen molar-refractivity contribution in [2.45, 2.75) is 39.2 Å². The first-order valence-corrected chi connectivity index (χ1v) is 10.6. The molecular weight excluding hydrogens is 374 g/mol. The van der Waals surface area contributed by atoms with E-state index >= 15 is 0 Å². The Bertz CT molecular complexity index is 860. The number of carbonyl (C=O) groups excluding carboxylic acids is 2. The van der Waals surface area contributed by atoms with Crippen LogP contribution in [-0.4, -0.2) is 41.6 Å². The van der Waals surface area contributed by atoms with E-state index in [0.717, 1.165) is 49.6 Å². The fourth-order valence-electron chi connectivity index (χ4n) is 3.78. The average molecular weight is 400 g/mol. The zero-order chi connectivity index (χ0) is 19.5. The molecule has 1 aromatic heterocycles. The number of rotatable bonds is 5. The third-order valence-corrected chi connectivity index (χ3v) is 6.40. The summed E-state index contributed by atoms with van der Waals surface area (Å²) in [6, 6.07) is 8.20. The Hall–Kier alpha value is -2.48. The lowest BCUT2D eigenvalue weighted by molar-refractivity contribution is -0.125. The Morgan fingerprint density at radius 2 is 2.00 bits per heavy atom. The number of carbonyl (C=O) groups is 2. The summed E-state index contributed by atoms with van der Waals surface area (Å²) in [4.78, 5) is 28.3. The molecule has 4 rings (SSSR count). The number of aromatic nitrogens is 2. The van der Waals surface area contributed by atoms with Gasteiger partial charge in [-0.1, -0.05) is 41.2 Å². The summed E-state index contributed by atoms with van der Waals surface area (Å²) in [5.41, 5.74) is 2.33. The number of piperidine rings is 1. The van der Waals surface area contributed by atoms with Crippen LogP contribution in [0.5, 0.6) is 0 Å². The van der Waals surface area contributed by atoms with Crippen molar-refractivity contribution < 1.29 is 9.59 Å².